The molecule has 0 radical (unpaired) electrons. The molecule has 0 aromatic carbocycles. The molecule has 1 heterocycles. The van der Waals surface area contributed by atoms with E-state index in [-0.39, 0.29) is 5.92 Å². The molecule has 5 heteroatoms. The molecule has 0 amide bonds. The van der Waals surface area contributed by atoms with Gasteiger partial charge in [0.05, 0.1) is 12.2 Å². The number of hydrogen-bond acceptors (Lipinski definition) is 5. The lowest BCUT2D eigenvalue weighted by atomic mass is 10.1. The zero-order valence-corrected chi connectivity index (χ0v) is 7.34. The molecule has 2 N–H and O–H groups in total. The topological polar surface area (TPSA) is 79.4 Å². The fourth-order valence-corrected chi connectivity index (χ4v) is 1.67. The number of rotatable bonds is 1. The Bertz CT molecular complexity index is 289. The Balaban J connectivity index is 2.11. The lowest BCUT2D eigenvalue weighted by Gasteiger charge is -2.03. The molecule has 1 saturated carbocycles. The highest BCUT2D eigenvalue weighted by molar-refractivity contribution is 4.99. The molecule has 0 aliphatic heterocycles. The second-order valence-electron chi connectivity index (χ2n) is 3.46. The van der Waals surface area contributed by atoms with Crippen molar-refractivity contribution in [1.29, 1.82) is 0 Å². The summed E-state index contributed by atoms with van der Waals surface area (Å²) in [5, 5.41) is 26.2. The van der Waals surface area contributed by atoms with E-state index in [0.29, 0.717) is 24.6 Å². The highest BCUT2D eigenvalue weighted by Crippen LogP contribution is 2.33. The molecule has 2 unspecified atom stereocenters. The number of aliphatic hydroxyl groups excluding tert-OH is 2. The van der Waals surface area contributed by atoms with Crippen LogP contribution in [0.4, 0.5) is 0 Å². The van der Waals surface area contributed by atoms with Crippen molar-refractivity contribution in [2.24, 2.45) is 0 Å². The van der Waals surface area contributed by atoms with Crippen LogP contribution in [0.3, 0.4) is 0 Å². The predicted octanol–water partition coefficient (Wildman–Crippen LogP) is -0.0228. The molecular weight excluding hydrogens is 172 g/mol. The van der Waals surface area contributed by atoms with Crippen LogP contribution in [0.25, 0.3) is 0 Å². The van der Waals surface area contributed by atoms with Crippen molar-refractivity contribution in [1.82, 2.24) is 10.2 Å². The molecule has 1 fully saturated rings. The maximum Gasteiger partial charge on any atom is 0.219 e. The smallest absolute Gasteiger partial charge is 0.219 e. The van der Waals surface area contributed by atoms with Gasteiger partial charge in [0.15, 0.2) is 0 Å². The minimum Gasteiger partial charge on any atom is -0.425 e. The maximum absolute atomic E-state index is 9.30. The van der Waals surface area contributed by atoms with Crippen LogP contribution in [0.5, 0.6) is 0 Å². The van der Waals surface area contributed by atoms with Gasteiger partial charge < -0.3 is 14.6 Å². The Morgan fingerprint density at radius 2 is 1.85 bits per heavy atom. The van der Waals surface area contributed by atoms with Gasteiger partial charge >= 0.3 is 0 Å². The van der Waals surface area contributed by atoms with Gasteiger partial charge in [-0.1, -0.05) is 0 Å². The minimum atomic E-state index is -0.655. The van der Waals surface area contributed by atoms with E-state index in [1.54, 1.807) is 6.92 Å². The predicted molar refractivity (Wildman–Crippen MR) is 43.0 cm³/mol. The molecule has 13 heavy (non-hydrogen) atoms. The summed E-state index contributed by atoms with van der Waals surface area (Å²) in [5.41, 5.74) is 0. The molecule has 1 aliphatic carbocycles. The van der Waals surface area contributed by atoms with Crippen LogP contribution in [0.15, 0.2) is 4.42 Å². The van der Waals surface area contributed by atoms with Crippen LogP contribution < -0.4 is 0 Å². The molecular formula is C8H12N2O3. The Kier molecular flexibility index (Phi) is 2.05. The first-order chi connectivity index (χ1) is 6.16. The van der Waals surface area contributed by atoms with Crippen molar-refractivity contribution in [3.8, 4) is 0 Å². The first-order valence-electron chi connectivity index (χ1n) is 4.33. The van der Waals surface area contributed by atoms with Crippen molar-refractivity contribution >= 4 is 0 Å². The van der Waals surface area contributed by atoms with Gasteiger partial charge in [-0.15, -0.1) is 10.2 Å². The standard InChI is InChI=1S/C8H12N2O3/c1-4-9-10-8(13-4)5-2-6(11)7(12)3-5/h5-7,11-12H,2-3H2,1H3. The quantitative estimate of drug-likeness (QED) is 0.641. The molecule has 72 valence electrons. The molecule has 0 bridgehead atoms. The third-order valence-corrected chi connectivity index (χ3v) is 2.39. The van der Waals surface area contributed by atoms with E-state index >= 15 is 0 Å². The zero-order chi connectivity index (χ0) is 9.42. The van der Waals surface area contributed by atoms with Gasteiger partial charge in [-0.3, -0.25) is 0 Å². The van der Waals surface area contributed by atoms with Crippen LogP contribution in [-0.4, -0.2) is 32.6 Å². The van der Waals surface area contributed by atoms with Gasteiger partial charge in [-0.05, 0) is 12.8 Å². The van der Waals surface area contributed by atoms with Crippen LogP contribution >= 0.6 is 0 Å². The lowest BCUT2D eigenvalue weighted by molar-refractivity contribution is 0.0438. The Labute approximate surface area is 75.4 Å². The van der Waals surface area contributed by atoms with E-state index in [2.05, 4.69) is 10.2 Å². The van der Waals surface area contributed by atoms with E-state index in [1.165, 1.54) is 0 Å². The average molecular weight is 184 g/mol. The highest BCUT2D eigenvalue weighted by atomic mass is 16.4. The van der Waals surface area contributed by atoms with Gasteiger partial charge in [0.2, 0.25) is 11.8 Å². The molecule has 2 rings (SSSR count). The van der Waals surface area contributed by atoms with Crippen LogP contribution in [0.1, 0.15) is 30.5 Å². The number of aliphatic hydroxyl groups is 2. The van der Waals surface area contributed by atoms with Crippen LogP contribution in [-0.2, 0) is 0 Å². The molecule has 0 saturated heterocycles. The van der Waals surface area contributed by atoms with E-state index in [0.717, 1.165) is 0 Å². The van der Waals surface area contributed by atoms with Gasteiger partial charge in [-0.25, -0.2) is 0 Å². The SMILES string of the molecule is Cc1nnc(C2CC(O)C(O)C2)o1. The third kappa shape index (κ3) is 1.57. The molecule has 0 spiro atoms. The fourth-order valence-electron chi connectivity index (χ4n) is 1.67. The largest absolute Gasteiger partial charge is 0.425 e. The first-order valence-corrected chi connectivity index (χ1v) is 4.33. The monoisotopic (exact) mass is 184 g/mol. The number of nitrogens with zero attached hydrogens (tertiary/aromatic N) is 2. The summed E-state index contributed by atoms with van der Waals surface area (Å²) in [5.74, 6) is 1.05. The highest BCUT2D eigenvalue weighted by Gasteiger charge is 2.35. The van der Waals surface area contributed by atoms with Crippen molar-refractivity contribution in [3.05, 3.63) is 11.8 Å². The number of aromatic nitrogens is 2. The van der Waals surface area contributed by atoms with Crippen LogP contribution in [0, 0.1) is 6.92 Å². The van der Waals surface area contributed by atoms with E-state index < -0.39 is 12.2 Å². The Morgan fingerprint density at radius 1 is 1.23 bits per heavy atom. The molecule has 5 nitrogen and oxygen atoms in total. The van der Waals surface area contributed by atoms with E-state index in [1.807, 2.05) is 0 Å². The summed E-state index contributed by atoms with van der Waals surface area (Å²) in [4.78, 5) is 0. The van der Waals surface area contributed by atoms with Gasteiger partial charge in [0, 0.05) is 12.8 Å². The minimum absolute atomic E-state index is 0.00574. The number of aryl methyl sites for hydroxylation is 1. The van der Waals surface area contributed by atoms with Crippen molar-refractivity contribution in [2.75, 3.05) is 0 Å². The van der Waals surface area contributed by atoms with Crippen molar-refractivity contribution in [3.63, 3.8) is 0 Å². The van der Waals surface area contributed by atoms with Gasteiger partial charge in [-0.2, -0.15) is 0 Å². The van der Waals surface area contributed by atoms with Gasteiger partial charge in [0.1, 0.15) is 0 Å². The van der Waals surface area contributed by atoms with Crippen molar-refractivity contribution < 1.29 is 14.6 Å². The second kappa shape index (κ2) is 3.08. The molecule has 2 atom stereocenters. The zero-order valence-electron chi connectivity index (χ0n) is 7.34. The maximum atomic E-state index is 9.30. The summed E-state index contributed by atoms with van der Waals surface area (Å²) in [6.07, 6.45) is -0.305. The van der Waals surface area contributed by atoms with E-state index in [4.69, 9.17) is 4.42 Å². The van der Waals surface area contributed by atoms with Crippen LogP contribution in [0.2, 0.25) is 0 Å². The lowest BCUT2D eigenvalue weighted by Crippen LogP contribution is -2.17. The second-order valence-corrected chi connectivity index (χ2v) is 3.46. The summed E-state index contributed by atoms with van der Waals surface area (Å²) in [7, 11) is 0. The van der Waals surface area contributed by atoms with E-state index in [9.17, 15) is 10.2 Å². The molecule has 1 aliphatic rings. The Hall–Kier alpha value is -0.940. The van der Waals surface area contributed by atoms with Gasteiger partial charge in [0.25, 0.3) is 0 Å². The fraction of sp³-hybridized carbons (Fsp3) is 0.750. The third-order valence-electron chi connectivity index (χ3n) is 2.39. The molecule has 1 aromatic rings. The first kappa shape index (κ1) is 8.65. The summed E-state index contributed by atoms with van der Waals surface area (Å²) in [6, 6.07) is 0. The molecule has 1 aromatic heterocycles. The van der Waals surface area contributed by atoms with Crippen molar-refractivity contribution in [2.45, 2.75) is 37.9 Å². The summed E-state index contributed by atoms with van der Waals surface area (Å²) >= 11 is 0. The average Bonchev–Trinajstić information content (AvgIpc) is 2.61. The Morgan fingerprint density at radius 3 is 2.31 bits per heavy atom. The normalized spacial score (nSPS) is 33.9. The summed E-state index contributed by atoms with van der Waals surface area (Å²) in [6.45, 7) is 1.72. The number of hydrogen-bond donors (Lipinski definition) is 2. The summed E-state index contributed by atoms with van der Waals surface area (Å²) < 4.78 is 5.22.